The molecule has 0 bridgehead atoms. The second kappa shape index (κ2) is 13.1. The number of ether oxygens (including phenoxy) is 1. The number of carbonyl (C=O) groups excluding carboxylic acids is 1. The van der Waals surface area contributed by atoms with Crippen molar-refractivity contribution >= 4 is 17.3 Å². The van der Waals surface area contributed by atoms with Gasteiger partial charge in [0.25, 0.3) is 0 Å². The monoisotopic (exact) mass is 624 g/mol. The highest BCUT2D eigenvalue weighted by molar-refractivity contribution is 5.79. The molecule has 6 heterocycles. The molecule has 0 radical (unpaired) electrons. The Morgan fingerprint density at radius 1 is 1.07 bits per heavy atom. The Morgan fingerprint density at radius 2 is 1.83 bits per heavy atom. The third kappa shape index (κ3) is 7.15. The summed E-state index contributed by atoms with van der Waals surface area (Å²) < 4.78 is 9.38. The Kier molecular flexibility index (Phi) is 8.95. The average Bonchev–Trinajstić information content (AvgIpc) is 3.68. The fourth-order valence-electron chi connectivity index (χ4n) is 6.42. The van der Waals surface area contributed by atoms with E-state index in [0.717, 1.165) is 92.3 Å². The second-order valence-electron chi connectivity index (χ2n) is 13.9. The molecule has 4 aromatic heterocycles. The first-order valence-corrected chi connectivity index (χ1v) is 16.3. The maximum absolute atomic E-state index is 12.4. The number of nitrogens with zero attached hydrogens (tertiary/aromatic N) is 9. The van der Waals surface area contributed by atoms with Crippen LogP contribution >= 0.6 is 0 Å². The van der Waals surface area contributed by atoms with Gasteiger partial charge in [-0.25, -0.2) is 14.0 Å². The molecule has 2 aliphatic rings. The first-order valence-electron chi connectivity index (χ1n) is 16.3. The highest BCUT2D eigenvalue weighted by atomic mass is 16.6. The second-order valence-corrected chi connectivity index (χ2v) is 13.9. The van der Waals surface area contributed by atoms with E-state index in [1.165, 1.54) is 0 Å². The van der Waals surface area contributed by atoms with Crippen molar-refractivity contribution in [3.63, 3.8) is 0 Å². The van der Waals surface area contributed by atoms with E-state index < -0.39 is 5.60 Å². The summed E-state index contributed by atoms with van der Waals surface area (Å²) in [6, 6.07) is 10.4. The summed E-state index contributed by atoms with van der Waals surface area (Å²) in [4.78, 5) is 21.6. The van der Waals surface area contributed by atoms with Crippen LogP contribution in [0.2, 0.25) is 0 Å². The van der Waals surface area contributed by atoms with Crippen LogP contribution < -0.4 is 5.32 Å². The third-order valence-corrected chi connectivity index (χ3v) is 8.74. The van der Waals surface area contributed by atoms with Crippen molar-refractivity contribution in [1.29, 1.82) is 5.26 Å². The number of fused-ring (bicyclic) bond motifs is 1. The average molecular weight is 625 g/mol. The number of aromatic nitrogens is 6. The fraction of sp³-hybridized carbons (Fsp3) is 0.529. The molecule has 2 saturated heterocycles. The Balaban J connectivity index is 1.08. The number of pyridine rings is 1. The molecule has 0 saturated carbocycles. The van der Waals surface area contributed by atoms with Crippen LogP contribution in [0.25, 0.3) is 28.2 Å². The number of hydrogen-bond donors (Lipinski definition) is 1. The number of carbonyl (C=O) groups is 1. The molecule has 0 aromatic carbocycles. The van der Waals surface area contributed by atoms with Gasteiger partial charge >= 0.3 is 6.09 Å². The van der Waals surface area contributed by atoms with Gasteiger partial charge in [-0.2, -0.15) is 10.4 Å². The van der Waals surface area contributed by atoms with E-state index in [-0.39, 0.29) is 12.1 Å². The summed E-state index contributed by atoms with van der Waals surface area (Å²) in [5.74, 6) is 0.603. The summed E-state index contributed by atoms with van der Waals surface area (Å²) in [5, 5.41) is 26.4. The zero-order valence-electron chi connectivity index (χ0n) is 27.5. The molecule has 0 atom stereocenters. The molecule has 2 aliphatic heterocycles. The lowest BCUT2D eigenvalue weighted by molar-refractivity contribution is 0.0164. The molecule has 1 amide bonds. The quantitative estimate of drug-likeness (QED) is 0.278. The minimum absolute atomic E-state index is 0.194. The molecule has 1 N–H and O–H groups in total. The zero-order valence-corrected chi connectivity index (χ0v) is 27.5. The maximum Gasteiger partial charge on any atom is 0.410 e. The molecule has 2 fully saturated rings. The molecular weight excluding hydrogens is 580 g/mol. The van der Waals surface area contributed by atoms with Crippen LogP contribution in [0.5, 0.6) is 0 Å². The highest BCUT2D eigenvalue weighted by Crippen LogP contribution is 2.32. The number of likely N-dealkylation sites (tertiary alicyclic amines) is 2. The molecule has 12 nitrogen and oxygen atoms in total. The first-order chi connectivity index (χ1) is 22.1. The number of amides is 1. The first kappa shape index (κ1) is 31.5. The predicted molar refractivity (Wildman–Crippen MR) is 176 cm³/mol. The molecular formula is C34H44N10O2. The van der Waals surface area contributed by atoms with Crippen molar-refractivity contribution in [1.82, 2.24) is 39.4 Å². The number of rotatable bonds is 7. The summed E-state index contributed by atoms with van der Waals surface area (Å²) >= 11 is 0. The summed E-state index contributed by atoms with van der Waals surface area (Å²) in [6.45, 7) is 14.6. The Hall–Kier alpha value is -4.50. The van der Waals surface area contributed by atoms with Gasteiger partial charge in [-0.1, -0.05) is 5.21 Å². The van der Waals surface area contributed by atoms with Crippen LogP contribution in [0.1, 0.15) is 71.9 Å². The molecule has 46 heavy (non-hydrogen) atoms. The van der Waals surface area contributed by atoms with Gasteiger partial charge in [0.1, 0.15) is 17.4 Å². The van der Waals surface area contributed by atoms with Crippen molar-refractivity contribution in [2.75, 3.05) is 38.0 Å². The van der Waals surface area contributed by atoms with Crippen molar-refractivity contribution < 1.29 is 9.53 Å². The predicted octanol–water partition coefficient (Wildman–Crippen LogP) is 5.63. The Bertz CT molecular complexity index is 1710. The number of hydrogen-bond acceptors (Lipinski definition) is 9. The molecule has 0 spiro atoms. The number of nitriles is 1. The minimum Gasteiger partial charge on any atom is -0.444 e. The summed E-state index contributed by atoms with van der Waals surface area (Å²) in [7, 11) is 0. The van der Waals surface area contributed by atoms with E-state index in [0.29, 0.717) is 17.5 Å². The van der Waals surface area contributed by atoms with E-state index in [2.05, 4.69) is 45.5 Å². The van der Waals surface area contributed by atoms with Gasteiger partial charge in [-0.05, 0) is 90.5 Å². The number of anilines is 1. The molecule has 12 heteroatoms. The lowest BCUT2D eigenvalue weighted by Crippen LogP contribution is -2.45. The molecule has 0 unspecified atom stereocenters. The van der Waals surface area contributed by atoms with Gasteiger partial charge in [-0.15, -0.1) is 5.10 Å². The molecule has 6 rings (SSSR count). The van der Waals surface area contributed by atoms with Crippen molar-refractivity contribution in [2.45, 2.75) is 78.0 Å². The maximum atomic E-state index is 12.4. The highest BCUT2D eigenvalue weighted by Gasteiger charge is 2.29. The van der Waals surface area contributed by atoms with Crippen LogP contribution in [0.4, 0.5) is 10.5 Å². The summed E-state index contributed by atoms with van der Waals surface area (Å²) in [5.41, 5.74) is 5.16. The van der Waals surface area contributed by atoms with Crippen molar-refractivity contribution in [3.8, 4) is 28.7 Å². The Morgan fingerprint density at radius 3 is 2.52 bits per heavy atom. The molecule has 242 valence electrons. The van der Waals surface area contributed by atoms with E-state index >= 15 is 0 Å². The standard InChI is InChI=1S/C34H44N10O2/c1-23(2)38-29-17-30(32-7-6-27-16-25(18-35)19-37-44(27)32)36-20-28(29)31-22-43(40-39-31)26-10-12-41(13-11-26)21-24-8-14-42(15-9-24)33(45)46-34(3,4)5/h6-7,16-17,19-20,22-24,26H,8-15,21H2,1-5H3,(H,36,38). The minimum atomic E-state index is -0.458. The van der Waals surface area contributed by atoms with E-state index in [1.54, 1.807) is 10.7 Å². The van der Waals surface area contributed by atoms with Crippen LogP contribution in [-0.4, -0.2) is 89.9 Å². The van der Waals surface area contributed by atoms with Crippen molar-refractivity contribution in [2.24, 2.45) is 5.92 Å². The van der Waals surface area contributed by atoms with Gasteiger partial charge < -0.3 is 19.9 Å². The van der Waals surface area contributed by atoms with Gasteiger partial charge in [0.2, 0.25) is 0 Å². The summed E-state index contributed by atoms with van der Waals surface area (Å²) in [6.07, 6.45) is 9.36. The fourth-order valence-corrected chi connectivity index (χ4v) is 6.42. The van der Waals surface area contributed by atoms with Gasteiger partial charge in [-0.3, -0.25) is 4.98 Å². The van der Waals surface area contributed by atoms with Crippen LogP contribution in [0, 0.1) is 17.2 Å². The molecule has 0 aliphatic carbocycles. The topological polar surface area (TPSA) is 130 Å². The van der Waals surface area contributed by atoms with Crippen LogP contribution in [-0.2, 0) is 4.74 Å². The largest absolute Gasteiger partial charge is 0.444 e. The smallest absolute Gasteiger partial charge is 0.410 e. The van der Waals surface area contributed by atoms with E-state index in [1.807, 2.05) is 67.0 Å². The van der Waals surface area contributed by atoms with Gasteiger partial charge in [0.15, 0.2) is 0 Å². The molecule has 4 aromatic rings. The lowest BCUT2D eigenvalue weighted by Gasteiger charge is -2.37. The van der Waals surface area contributed by atoms with E-state index in [4.69, 9.17) is 9.72 Å². The zero-order chi connectivity index (χ0) is 32.4. The third-order valence-electron chi connectivity index (χ3n) is 8.74. The number of nitrogens with one attached hydrogen (secondary N) is 1. The van der Waals surface area contributed by atoms with Crippen molar-refractivity contribution in [3.05, 3.63) is 48.4 Å². The normalized spacial score (nSPS) is 17.0. The SMILES string of the molecule is CC(C)Nc1cc(-c2ccc3cc(C#N)cnn23)ncc1-c1cn(C2CCN(CC3CCN(C(=O)OC(C)(C)C)CC3)CC2)nn1. The lowest BCUT2D eigenvalue weighted by atomic mass is 9.95. The van der Waals surface area contributed by atoms with Crippen LogP contribution in [0.3, 0.4) is 0 Å². The Labute approximate surface area is 270 Å². The number of piperidine rings is 2. The van der Waals surface area contributed by atoms with Gasteiger partial charge in [0.05, 0.1) is 40.9 Å². The van der Waals surface area contributed by atoms with Gasteiger partial charge in [0, 0.05) is 56.2 Å². The van der Waals surface area contributed by atoms with Crippen LogP contribution in [0.15, 0.2) is 42.9 Å². The van der Waals surface area contributed by atoms with E-state index in [9.17, 15) is 10.1 Å².